The van der Waals surface area contributed by atoms with Crippen molar-refractivity contribution in [1.82, 2.24) is 10.3 Å². The average molecular weight is 235 g/mol. The summed E-state index contributed by atoms with van der Waals surface area (Å²) < 4.78 is 5.24. The normalized spacial score (nSPS) is 10.6. The lowest BCUT2D eigenvalue weighted by Crippen LogP contribution is -2.15. The van der Waals surface area contributed by atoms with Gasteiger partial charge in [-0.2, -0.15) is 0 Å². The smallest absolute Gasteiger partial charge is 0.0794 e. The van der Waals surface area contributed by atoms with E-state index in [2.05, 4.69) is 10.3 Å². The molecule has 0 bridgehead atoms. The van der Waals surface area contributed by atoms with Gasteiger partial charge in [0.25, 0.3) is 0 Å². The molecule has 0 unspecified atom stereocenters. The highest BCUT2D eigenvalue weighted by atomic mass is 35.5. The molecule has 0 radical (unpaired) electrons. The van der Waals surface area contributed by atoms with E-state index in [1.54, 1.807) is 11.3 Å². The van der Waals surface area contributed by atoms with Gasteiger partial charge in [0, 0.05) is 30.1 Å². The highest BCUT2D eigenvalue weighted by Crippen LogP contribution is 2.03. The van der Waals surface area contributed by atoms with Crippen LogP contribution in [0.1, 0.15) is 11.3 Å². The molecule has 5 heteroatoms. The fourth-order valence-electron chi connectivity index (χ4n) is 0.997. The summed E-state index contributed by atoms with van der Waals surface area (Å²) in [5.41, 5.74) is 1.85. The molecule has 3 nitrogen and oxygen atoms in total. The van der Waals surface area contributed by atoms with Gasteiger partial charge in [0.05, 0.1) is 12.1 Å². The first-order valence-corrected chi connectivity index (χ1v) is 6.06. The van der Waals surface area contributed by atoms with E-state index in [1.165, 1.54) is 4.88 Å². The molecule has 0 saturated heterocycles. The molecule has 1 N–H and O–H groups in total. The van der Waals surface area contributed by atoms with Crippen molar-refractivity contribution in [3.63, 3.8) is 0 Å². The van der Waals surface area contributed by atoms with Crippen LogP contribution in [-0.4, -0.2) is 30.6 Å². The van der Waals surface area contributed by atoms with Crippen LogP contribution in [0.15, 0.2) is 11.7 Å². The Hall–Kier alpha value is -0.160. The van der Waals surface area contributed by atoms with Crippen molar-refractivity contribution in [3.05, 3.63) is 16.6 Å². The van der Waals surface area contributed by atoms with Gasteiger partial charge in [-0.3, -0.25) is 4.98 Å². The molecule has 0 atom stereocenters. The van der Waals surface area contributed by atoms with E-state index < -0.39 is 0 Å². The molecule has 0 aliphatic rings. The molecule has 0 saturated carbocycles. The van der Waals surface area contributed by atoms with Crippen LogP contribution in [0.5, 0.6) is 0 Å². The molecule has 1 rings (SSSR count). The highest BCUT2D eigenvalue weighted by Gasteiger charge is 1.93. The molecule has 1 aromatic rings. The van der Waals surface area contributed by atoms with E-state index in [9.17, 15) is 0 Å². The van der Waals surface area contributed by atoms with Gasteiger partial charge >= 0.3 is 0 Å². The second kappa shape index (κ2) is 8.17. The van der Waals surface area contributed by atoms with E-state index in [0.29, 0.717) is 12.5 Å². The van der Waals surface area contributed by atoms with E-state index in [0.717, 1.165) is 26.1 Å². The molecular formula is C9H15ClN2OS. The van der Waals surface area contributed by atoms with E-state index in [-0.39, 0.29) is 0 Å². The standard InChI is InChI=1S/C9H15ClN2OS/c10-2-5-13-4-1-3-11-6-9-7-12-8-14-9/h7-8,11H,1-6H2. The first kappa shape index (κ1) is 11.9. The predicted molar refractivity (Wildman–Crippen MR) is 60.0 cm³/mol. The Labute approximate surface area is 93.4 Å². The van der Waals surface area contributed by atoms with Crippen molar-refractivity contribution in [2.24, 2.45) is 0 Å². The van der Waals surface area contributed by atoms with E-state index in [1.807, 2.05) is 11.7 Å². The Balaban J connectivity index is 1.85. The van der Waals surface area contributed by atoms with E-state index >= 15 is 0 Å². The minimum atomic E-state index is 0.578. The summed E-state index contributed by atoms with van der Waals surface area (Å²) in [6.07, 6.45) is 2.91. The monoisotopic (exact) mass is 234 g/mol. The van der Waals surface area contributed by atoms with Crippen LogP contribution >= 0.6 is 22.9 Å². The van der Waals surface area contributed by atoms with Crippen LogP contribution in [0, 0.1) is 0 Å². The van der Waals surface area contributed by atoms with Crippen LogP contribution in [-0.2, 0) is 11.3 Å². The zero-order chi connectivity index (χ0) is 10.1. The topological polar surface area (TPSA) is 34.1 Å². The number of hydrogen-bond donors (Lipinski definition) is 1. The second-order valence-corrected chi connectivity index (χ2v) is 4.15. The number of nitrogens with zero attached hydrogens (tertiary/aromatic N) is 1. The Morgan fingerprint density at radius 2 is 2.43 bits per heavy atom. The molecule has 80 valence electrons. The number of halogens is 1. The van der Waals surface area contributed by atoms with Crippen molar-refractivity contribution in [2.75, 3.05) is 25.6 Å². The maximum absolute atomic E-state index is 5.46. The number of aromatic nitrogens is 1. The summed E-state index contributed by atoms with van der Waals surface area (Å²) >= 11 is 7.14. The van der Waals surface area contributed by atoms with Crippen molar-refractivity contribution >= 4 is 22.9 Å². The summed E-state index contributed by atoms with van der Waals surface area (Å²) in [5, 5.41) is 3.32. The lowest BCUT2D eigenvalue weighted by atomic mass is 10.4. The number of nitrogens with one attached hydrogen (secondary N) is 1. The Kier molecular flexibility index (Phi) is 6.95. The third-order valence-corrected chi connectivity index (χ3v) is 2.58. The third kappa shape index (κ3) is 5.54. The number of thiazole rings is 1. The van der Waals surface area contributed by atoms with Gasteiger partial charge in [-0.25, -0.2) is 0 Å². The molecule has 0 aliphatic carbocycles. The molecule has 0 spiro atoms. The Morgan fingerprint density at radius 1 is 1.50 bits per heavy atom. The third-order valence-electron chi connectivity index (χ3n) is 1.65. The maximum atomic E-state index is 5.46. The lowest BCUT2D eigenvalue weighted by molar-refractivity contribution is 0.146. The molecule has 1 heterocycles. The first-order valence-electron chi connectivity index (χ1n) is 4.65. The minimum Gasteiger partial charge on any atom is -0.380 e. The van der Waals surface area contributed by atoms with Gasteiger partial charge in [0.1, 0.15) is 0 Å². The molecule has 1 aromatic heterocycles. The van der Waals surface area contributed by atoms with Crippen molar-refractivity contribution in [3.8, 4) is 0 Å². The first-order chi connectivity index (χ1) is 6.93. The van der Waals surface area contributed by atoms with Gasteiger partial charge in [-0.1, -0.05) is 0 Å². The van der Waals surface area contributed by atoms with Crippen LogP contribution in [0.4, 0.5) is 0 Å². The fraction of sp³-hybridized carbons (Fsp3) is 0.667. The van der Waals surface area contributed by atoms with Crippen molar-refractivity contribution in [1.29, 1.82) is 0 Å². The Bertz CT molecular complexity index is 219. The SMILES string of the molecule is ClCCOCCCNCc1cncs1. The summed E-state index contributed by atoms with van der Waals surface area (Å²) in [6.45, 7) is 3.30. The average Bonchev–Trinajstić information content (AvgIpc) is 2.69. The largest absolute Gasteiger partial charge is 0.380 e. The number of hydrogen-bond acceptors (Lipinski definition) is 4. The van der Waals surface area contributed by atoms with Crippen LogP contribution in [0.3, 0.4) is 0 Å². The summed E-state index contributed by atoms with van der Waals surface area (Å²) in [6, 6.07) is 0. The second-order valence-electron chi connectivity index (χ2n) is 2.80. The van der Waals surface area contributed by atoms with Gasteiger partial charge in [0.2, 0.25) is 0 Å². The van der Waals surface area contributed by atoms with Crippen LogP contribution < -0.4 is 5.32 Å². The molecule has 14 heavy (non-hydrogen) atoms. The molecule has 0 aromatic carbocycles. The zero-order valence-electron chi connectivity index (χ0n) is 8.04. The Morgan fingerprint density at radius 3 is 3.14 bits per heavy atom. The molecule has 0 fully saturated rings. The van der Waals surface area contributed by atoms with E-state index in [4.69, 9.17) is 16.3 Å². The summed E-state index contributed by atoms with van der Waals surface area (Å²) in [5.74, 6) is 0.578. The highest BCUT2D eigenvalue weighted by molar-refractivity contribution is 7.09. The predicted octanol–water partition coefficient (Wildman–Crippen LogP) is 1.88. The van der Waals surface area contributed by atoms with Gasteiger partial charge in [-0.05, 0) is 13.0 Å². The fourth-order valence-corrected chi connectivity index (χ4v) is 1.67. The quantitative estimate of drug-likeness (QED) is 0.551. The van der Waals surface area contributed by atoms with Gasteiger partial charge in [0.15, 0.2) is 0 Å². The van der Waals surface area contributed by atoms with Crippen molar-refractivity contribution < 1.29 is 4.74 Å². The van der Waals surface area contributed by atoms with Gasteiger partial charge < -0.3 is 10.1 Å². The number of alkyl halides is 1. The lowest BCUT2D eigenvalue weighted by Gasteiger charge is -2.03. The number of ether oxygens (including phenoxy) is 1. The molecule has 0 aliphatic heterocycles. The minimum absolute atomic E-state index is 0.578. The molecular weight excluding hydrogens is 220 g/mol. The number of rotatable bonds is 8. The van der Waals surface area contributed by atoms with Crippen LogP contribution in [0.25, 0.3) is 0 Å². The molecule has 0 amide bonds. The zero-order valence-corrected chi connectivity index (χ0v) is 9.61. The van der Waals surface area contributed by atoms with Crippen molar-refractivity contribution in [2.45, 2.75) is 13.0 Å². The van der Waals surface area contributed by atoms with Gasteiger partial charge in [-0.15, -0.1) is 22.9 Å². The summed E-state index contributed by atoms with van der Waals surface area (Å²) in [7, 11) is 0. The van der Waals surface area contributed by atoms with Crippen LogP contribution in [0.2, 0.25) is 0 Å². The maximum Gasteiger partial charge on any atom is 0.0794 e. The summed E-state index contributed by atoms with van der Waals surface area (Å²) in [4.78, 5) is 5.27.